The fourth-order valence-corrected chi connectivity index (χ4v) is 6.40. The van der Waals surface area contributed by atoms with E-state index in [-0.39, 0.29) is 17.6 Å². The highest BCUT2D eigenvalue weighted by molar-refractivity contribution is 7.16. The van der Waals surface area contributed by atoms with E-state index in [0.29, 0.717) is 28.6 Å². The molecule has 4 aromatic heterocycles. The van der Waals surface area contributed by atoms with Gasteiger partial charge in [-0.1, -0.05) is 16.8 Å². The number of fused-ring (bicyclic) bond motifs is 3. The number of thiophene rings is 1. The van der Waals surface area contributed by atoms with E-state index in [2.05, 4.69) is 30.6 Å². The summed E-state index contributed by atoms with van der Waals surface area (Å²) in [5, 5.41) is 13.1. The molecule has 6 heterocycles. The molecular weight excluding hydrogens is 472 g/mol. The van der Waals surface area contributed by atoms with Crippen LogP contribution in [0.5, 0.6) is 0 Å². The molecule has 0 bridgehead atoms. The van der Waals surface area contributed by atoms with Crippen molar-refractivity contribution in [2.45, 2.75) is 49.9 Å². The molecule has 2 aliphatic rings. The number of aromatic nitrogens is 6. The summed E-state index contributed by atoms with van der Waals surface area (Å²) < 4.78 is 37.0. The zero-order valence-corrected chi connectivity index (χ0v) is 19.1. The zero-order chi connectivity index (χ0) is 22.8. The van der Waals surface area contributed by atoms with E-state index in [0.717, 1.165) is 22.4 Å². The van der Waals surface area contributed by atoms with Gasteiger partial charge in [-0.2, -0.15) is 8.78 Å². The van der Waals surface area contributed by atoms with Crippen molar-refractivity contribution in [1.29, 1.82) is 0 Å². The fraction of sp³-hybridized carbons (Fsp3) is 0.429. The third-order valence-corrected chi connectivity index (χ3v) is 7.81. The average Bonchev–Trinajstić information content (AvgIpc) is 3.51. The van der Waals surface area contributed by atoms with Gasteiger partial charge in [-0.25, -0.2) is 14.6 Å². The lowest BCUT2D eigenvalue weighted by molar-refractivity contribution is -0.183. The smallest absolute Gasteiger partial charge is 0.297 e. The number of H-pyrrole nitrogens is 1. The molecule has 12 heteroatoms. The molecule has 8 nitrogen and oxygen atoms in total. The Hall–Kier alpha value is -2.47. The van der Waals surface area contributed by atoms with Gasteiger partial charge in [-0.15, -0.1) is 16.4 Å². The van der Waals surface area contributed by atoms with E-state index in [9.17, 15) is 8.78 Å². The Morgan fingerprint density at radius 3 is 3.09 bits per heavy atom. The first-order valence-corrected chi connectivity index (χ1v) is 11.8. The summed E-state index contributed by atoms with van der Waals surface area (Å²) in [4.78, 5) is 12.2. The molecule has 3 atom stereocenters. The molecule has 0 unspecified atom stereocenters. The van der Waals surface area contributed by atoms with E-state index in [4.69, 9.17) is 16.3 Å². The number of halogens is 3. The predicted molar refractivity (Wildman–Crippen MR) is 118 cm³/mol. The van der Waals surface area contributed by atoms with Gasteiger partial charge in [0.05, 0.1) is 34.5 Å². The van der Waals surface area contributed by atoms with E-state index < -0.39 is 18.1 Å². The van der Waals surface area contributed by atoms with E-state index in [1.54, 1.807) is 4.68 Å². The van der Waals surface area contributed by atoms with Gasteiger partial charge < -0.3 is 15.0 Å². The fourth-order valence-electron chi connectivity index (χ4n) is 4.96. The van der Waals surface area contributed by atoms with Crippen molar-refractivity contribution in [2.75, 3.05) is 6.61 Å². The highest BCUT2D eigenvalue weighted by Gasteiger charge is 2.53. The summed E-state index contributed by atoms with van der Waals surface area (Å²) in [5.41, 5.74) is 1.47. The minimum atomic E-state index is -3.04. The zero-order valence-electron chi connectivity index (χ0n) is 17.6. The van der Waals surface area contributed by atoms with Crippen molar-refractivity contribution in [3.63, 3.8) is 0 Å². The molecule has 1 spiro atoms. The van der Waals surface area contributed by atoms with Crippen LogP contribution in [0.4, 0.5) is 8.78 Å². The molecule has 4 aromatic rings. The van der Waals surface area contributed by atoms with Crippen LogP contribution in [0.2, 0.25) is 4.34 Å². The number of hydrogen-bond acceptors (Lipinski definition) is 7. The van der Waals surface area contributed by atoms with Crippen LogP contribution >= 0.6 is 22.9 Å². The molecule has 33 heavy (non-hydrogen) atoms. The molecule has 172 valence electrons. The second-order valence-corrected chi connectivity index (χ2v) is 10.4. The maximum absolute atomic E-state index is 14.5. The molecule has 0 radical (unpaired) electrons. The largest absolute Gasteiger partial charge is 0.363 e. The molecule has 0 aromatic carbocycles. The number of rotatable bonds is 3. The molecule has 0 saturated carbocycles. The molecular formula is C21H20ClF2N7OS. The summed E-state index contributed by atoms with van der Waals surface area (Å²) in [6.45, 7) is 1.80. The first-order chi connectivity index (χ1) is 15.8. The van der Waals surface area contributed by atoms with Crippen LogP contribution in [0.3, 0.4) is 0 Å². The van der Waals surface area contributed by atoms with Gasteiger partial charge in [0.15, 0.2) is 0 Å². The van der Waals surface area contributed by atoms with Gasteiger partial charge in [0.25, 0.3) is 5.92 Å². The van der Waals surface area contributed by atoms with Crippen LogP contribution in [-0.4, -0.2) is 42.6 Å². The van der Waals surface area contributed by atoms with Crippen LogP contribution in [0.25, 0.3) is 11.0 Å². The van der Waals surface area contributed by atoms with Gasteiger partial charge in [-0.05, 0) is 25.5 Å². The van der Waals surface area contributed by atoms with Crippen LogP contribution in [0.15, 0.2) is 30.9 Å². The minimum absolute atomic E-state index is 0.0143. The average molecular weight is 492 g/mol. The number of nitrogens with one attached hydrogen (secondary N) is 2. The number of hydrogen-bond donors (Lipinski definition) is 2. The van der Waals surface area contributed by atoms with Crippen LogP contribution < -0.4 is 5.32 Å². The quantitative estimate of drug-likeness (QED) is 0.447. The van der Waals surface area contributed by atoms with E-state index >= 15 is 0 Å². The summed E-state index contributed by atoms with van der Waals surface area (Å²) in [5.74, 6) is -3.04. The summed E-state index contributed by atoms with van der Waals surface area (Å²) >= 11 is 7.34. The Kier molecular flexibility index (Phi) is 4.81. The monoisotopic (exact) mass is 491 g/mol. The number of alkyl halides is 2. The minimum Gasteiger partial charge on any atom is -0.363 e. The summed E-state index contributed by atoms with van der Waals surface area (Å²) in [6, 6.07) is 3.13. The highest BCUT2D eigenvalue weighted by atomic mass is 35.5. The lowest BCUT2D eigenvalue weighted by Crippen LogP contribution is -2.51. The van der Waals surface area contributed by atoms with Crippen molar-refractivity contribution in [3.05, 3.63) is 57.0 Å². The second-order valence-electron chi connectivity index (χ2n) is 8.71. The number of piperidine rings is 1. The van der Waals surface area contributed by atoms with Gasteiger partial charge in [0.1, 0.15) is 24.2 Å². The maximum Gasteiger partial charge on any atom is 0.297 e. The Bertz CT molecular complexity index is 1340. The van der Waals surface area contributed by atoms with Crippen molar-refractivity contribution in [2.24, 2.45) is 0 Å². The van der Waals surface area contributed by atoms with E-state index in [1.807, 2.05) is 25.4 Å². The molecule has 1 saturated heterocycles. The predicted octanol–water partition coefficient (Wildman–Crippen LogP) is 4.14. The van der Waals surface area contributed by atoms with Crippen LogP contribution in [0.1, 0.15) is 47.6 Å². The number of nitrogens with zero attached hydrogens (tertiary/aromatic N) is 5. The molecule has 0 aliphatic carbocycles. The van der Waals surface area contributed by atoms with Gasteiger partial charge >= 0.3 is 0 Å². The third-order valence-electron chi connectivity index (χ3n) is 6.36. The first kappa shape index (κ1) is 21.1. The van der Waals surface area contributed by atoms with Gasteiger partial charge in [0, 0.05) is 34.5 Å². The van der Waals surface area contributed by atoms with Crippen LogP contribution in [0, 0.1) is 0 Å². The van der Waals surface area contributed by atoms with Crippen molar-refractivity contribution in [1.82, 2.24) is 35.3 Å². The highest BCUT2D eigenvalue weighted by Crippen LogP contribution is 2.54. The van der Waals surface area contributed by atoms with Crippen molar-refractivity contribution < 1.29 is 13.5 Å². The molecule has 0 amide bonds. The Morgan fingerprint density at radius 2 is 2.21 bits per heavy atom. The standard InChI is InChI=1S/C21H20ClF2N7OS/c1-11-5-20(18-13(4-17(22)33-18)21(23,24)9-32-20)6-14(28-11)16-8-31(30-29-16)7-15-12-2-3-25-19(12)27-10-26-15/h2-4,8,10-11,14,28H,5-7,9H2,1H3,(H,25,26,27)/t11-,14-,20-/m0/s1. The normalized spacial score (nSPS) is 26.7. The topological polar surface area (TPSA) is 93.5 Å². The molecule has 1 fully saturated rings. The summed E-state index contributed by atoms with van der Waals surface area (Å²) in [6.07, 6.45) is 6.24. The number of ether oxygens (including phenoxy) is 1. The lowest BCUT2D eigenvalue weighted by Gasteiger charge is -2.47. The molecule has 6 rings (SSSR count). The maximum atomic E-state index is 14.5. The van der Waals surface area contributed by atoms with Gasteiger partial charge in [0.2, 0.25) is 0 Å². The number of aromatic amines is 1. The SMILES string of the molecule is C[C@H]1C[C@@]2(C[C@@H](c3cn(Cc4ncnc5[nH]ccc45)nn3)N1)OCC(F)(F)c1cc(Cl)sc12. The summed E-state index contributed by atoms with van der Waals surface area (Å²) in [7, 11) is 0. The van der Waals surface area contributed by atoms with Crippen molar-refractivity contribution in [3.8, 4) is 0 Å². The molecule has 2 aliphatic heterocycles. The van der Waals surface area contributed by atoms with Gasteiger partial charge in [-0.3, -0.25) is 0 Å². The second kappa shape index (κ2) is 7.52. The Morgan fingerprint density at radius 1 is 1.33 bits per heavy atom. The first-order valence-electron chi connectivity index (χ1n) is 10.6. The van der Waals surface area contributed by atoms with Crippen LogP contribution in [-0.2, 0) is 22.8 Å². The Balaban J connectivity index is 1.30. The van der Waals surface area contributed by atoms with E-state index in [1.165, 1.54) is 23.7 Å². The molecule has 2 N–H and O–H groups in total. The Labute approximate surface area is 196 Å². The third kappa shape index (κ3) is 3.54. The lowest BCUT2D eigenvalue weighted by atomic mass is 9.78. The van der Waals surface area contributed by atoms with Crippen molar-refractivity contribution >= 4 is 34.0 Å².